The minimum absolute atomic E-state index is 0. The molecule has 0 aromatic heterocycles. The number of rotatable bonds is 1. The van der Waals surface area contributed by atoms with E-state index in [9.17, 15) is 12.9 Å². The molecule has 0 spiro atoms. The third-order valence-corrected chi connectivity index (χ3v) is 1.43. The Morgan fingerprint density at radius 3 is 2.08 bits per heavy atom. The summed E-state index contributed by atoms with van der Waals surface area (Å²) in [5.41, 5.74) is -1.13. The molecule has 0 aliphatic heterocycles. The summed E-state index contributed by atoms with van der Waals surface area (Å²) in [6.45, 7) is -5.06. The van der Waals surface area contributed by atoms with Crippen molar-refractivity contribution < 1.29 is 64.3 Å². The first-order valence-corrected chi connectivity index (χ1v) is 3.24. The van der Waals surface area contributed by atoms with Crippen molar-refractivity contribution in [2.24, 2.45) is 0 Å². The first-order valence-electron chi connectivity index (χ1n) is 3.24. The van der Waals surface area contributed by atoms with Crippen LogP contribution in [0.25, 0.3) is 0 Å². The van der Waals surface area contributed by atoms with E-state index in [0.29, 0.717) is 0 Å². The van der Waals surface area contributed by atoms with Crippen LogP contribution in [0.4, 0.5) is 12.9 Å². The maximum Gasteiger partial charge on any atom is 1.00 e. The first-order chi connectivity index (χ1) is 5.55. The van der Waals surface area contributed by atoms with Crippen molar-refractivity contribution in [2.45, 2.75) is 0 Å². The van der Waals surface area contributed by atoms with Crippen molar-refractivity contribution in [3.63, 3.8) is 0 Å². The molecule has 0 aliphatic carbocycles. The van der Waals surface area contributed by atoms with Gasteiger partial charge >= 0.3 is 58.4 Å². The Morgan fingerprint density at radius 1 is 1.15 bits per heavy atom. The van der Waals surface area contributed by atoms with E-state index in [1.165, 1.54) is 18.2 Å². The molecule has 0 bridgehead atoms. The Hall–Kier alpha value is 0.201. The van der Waals surface area contributed by atoms with Gasteiger partial charge in [0.2, 0.25) is 0 Å². The molecular formula is C7H4BF3KN. The summed E-state index contributed by atoms with van der Waals surface area (Å²) in [6, 6.07) is 6.25. The van der Waals surface area contributed by atoms with Gasteiger partial charge in [0.15, 0.2) is 0 Å². The Kier molecular flexibility index (Phi) is 5.25. The van der Waals surface area contributed by atoms with Crippen molar-refractivity contribution in [1.29, 1.82) is 5.26 Å². The molecule has 0 heterocycles. The number of halogens is 3. The molecule has 0 radical (unpaired) electrons. The molecule has 0 aliphatic rings. The van der Waals surface area contributed by atoms with Gasteiger partial charge in [-0.2, -0.15) is 5.26 Å². The van der Waals surface area contributed by atoms with Crippen LogP contribution in [0.5, 0.6) is 0 Å². The van der Waals surface area contributed by atoms with Crippen molar-refractivity contribution >= 4 is 12.4 Å². The molecule has 1 rings (SSSR count). The van der Waals surface area contributed by atoms with Gasteiger partial charge in [-0.1, -0.05) is 23.7 Å². The van der Waals surface area contributed by atoms with Gasteiger partial charge < -0.3 is 12.9 Å². The van der Waals surface area contributed by atoms with Gasteiger partial charge in [0, 0.05) is 5.56 Å². The molecule has 6 heteroatoms. The molecule has 0 saturated heterocycles. The number of benzene rings is 1. The van der Waals surface area contributed by atoms with E-state index < -0.39 is 12.4 Å². The van der Waals surface area contributed by atoms with Crippen LogP contribution in [-0.2, 0) is 0 Å². The predicted octanol–water partition coefficient (Wildman–Crippen LogP) is -1.38. The average molecular weight is 209 g/mol. The second-order valence-electron chi connectivity index (χ2n) is 2.27. The summed E-state index contributed by atoms with van der Waals surface area (Å²) in [7, 11) is 0. The van der Waals surface area contributed by atoms with Crippen molar-refractivity contribution in [1.82, 2.24) is 0 Å². The molecule has 0 N–H and O–H groups in total. The SMILES string of the molecule is N#Cc1ccccc1[B-](F)(F)F.[K+]. The summed E-state index contributed by atoms with van der Waals surface area (Å²) in [6.07, 6.45) is 0. The minimum atomic E-state index is -5.06. The normalized spacial score (nSPS) is 10.0. The van der Waals surface area contributed by atoms with E-state index in [1.807, 2.05) is 0 Å². The molecule has 0 unspecified atom stereocenters. The Labute approximate surface area is 116 Å². The van der Waals surface area contributed by atoms with Crippen molar-refractivity contribution in [3.8, 4) is 6.07 Å². The summed E-state index contributed by atoms with van der Waals surface area (Å²) in [5.74, 6) is 0. The first kappa shape index (κ1) is 13.2. The van der Waals surface area contributed by atoms with Gasteiger partial charge in [0.05, 0.1) is 6.07 Å². The van der Waals surface area contributed by atoms with Crippen LogP contribution in [0.1, 0.15) is 5.56 Å². The van der Waals surface area contributed by atoms with E-state index in [0.717, 1.165) is 12.1 Å². The monoisotopic (exact) mass is 209 g/mol. The zero-order chi connectivity index (χ0) is 9.19. The molecule has 0 atom stereocenters. The molecule has 62 valence electrons. The van der Waals surface area contributed by atoms with E-state index in [2.05, 4.69) is 0 Å². The smallest absolute Gasteiger partial charge is 0.445 e. The minimum Gasteiger partial charge on any atom is -0.445 e. The largest absolute Gasteiger partial charge is 1.00 e. The van der Waals surface area contributed by atoms with E-state index in [1.54, 1.807) is 0 Å². The summed E-state index contributed by atoms with van der Waals surface area (Å²) in [4.78, 5) is 0. The second kappa shape index (κ2) is 5.17. The molecule has 1 aromatic carbocycles. The van der Waals surface area contributed by atoms with Crippen LogP contribution in [0.15, 0.2) is 24.3 Å². The molecule has 1 aromatic rings. The van der Waals surface area contributed by atoms with Crippen LogP contribution in [0.3, 0.4) is 0 Å². The van der Waals surface area contributed by atoms with Crippen LogP contribution in [0, 0.1) is 11.3 Å². The predicted molar refractivity (Wildman–Crippen MR) is 39.9 cm³/mol. The maximum atomic E-state index is 12.1. The number of nitrogens with zero attached hydrogens (tertiary/aromatic N) is 1. The van der Waals surface area contributed by atoms with Gasteiger partial charge in [-0.05, 0) is 6.07 Å². The van der Waals surface area contributed by atoms with Gasteiger partial charge in [-0.15, -0.1) is 0 Å². The van der Waals surface area contributed by atoms with Gasteiger partial charge in [-0.3, -0.25) is 0 Å². The van der Waals surface area contributed by atoms with Gasteiger partial charge in [0.1, 0.15) is 0 Å². The number of nitriles is 1. The number of hydrogen-bond acceptors (Lipinski definition) is 1. The van der Waals surface area contributed by atoms with Crippen LogP contribution in [0.2, 0.25) is 0 Å². The van der Waals surface area contributed by atoms with E-state index in [4.69, 9.17) is 5.26 Å². The molecule has 0 saturated carbocycles. The third-order valence-electron chi connectivity index (χ3n) is 1.43. The third kappa shape index (κ3) is 3.44. The Balaban J connectivity index is 0.00000144. The summed E-state index contributed by atoms with van der Waals surface area (Å²) in [5, 5.41) is 8.34. The zero-order valence-electron chi connectivity index (χ0n) is 6.97. The topological polar surface area (TPSA) is 23.8 Å². The van der Waals surface area contributed by atoms with Crippen molar-refractivity contribution in [2.75, 3.05) is 0 Å². The Bertz CT molecular complexity index is 331. The summed E-state index contributed by atoms with van der Waals surface area (Å²) < 4.78 is 36.4. The molecular weight excluding hydrogens is 205 g/mol. The van der Waals surface area contributed by atoms with E-state index in [-0.39, 0.29) is 56.9 Å². The number of hydrogen-bond donors (Lipinski definition) is 0. The second-order valence-corrected chi connectivity index (χ2v) is 2.27. The van der Waals surface area contributed by atoms with Crippen molar-refractivity contribution in [3.05, 3.63) is 29.8 Å². The average Bonchev–Trinajstić information content (AvgIpc) is 2.03. The molecule has 13 heavy (non-hydrogen) atoms. The van der Waals surface area contributed by atoms with Crippen LogP contribution in [-0.4, -0.2) is 6.98 Å². The Morgan fingerprint density at radius 2 is 1.69 bits per heavy atom. The fraction of sp³-hybridized carbons (Fsp3) is 0. The van der Waals surface area contributed by atoms with Gasteiger partial charge in [-0.25, -0.2) is 0 Å². The summed E-state index contributed by atoms with van der Waals surface area (Å²) >= 11 is 0. The van der Waals surface area contributed by atoms with Gasteiger partial charge in [0.25, 0.3) is 0 Å². The quantitative estimate of drug-likeness (QED) is 0.523. The molecule has 0 fully saturated rings. The standard InChI is InChI=1S/C7H4BF3N.K/c9-8(10,11)7-4-2-1-3-6(7)5-12;/h1-4H;/q-1;+1. The van der Waals surface area contributed by atoms with E-state index >= 15 is 0 Å². The zero-order valence-corrected chi connectivity index (χ0v) is 10.1. The molecule has 0 amide bonds. The van der Waals surface area contributed by atoms with Crippen LogP contribution < -0.4 is 56.8 Å². The fourth-order valence-corrected chi connectivity index (χ4v) is 0.884. The maximum absolute atomic E-state index is 12.1. The fourth-order valence-electron chi connectivity index (χ4n) is 0.884. The molecule has 1 nitrogen and oxygen atoms in total. The van der Waals surface area contributed by atoms with Crippen LogP contribution >= 0.6 is 0 Å².